The zero-order valence-electron chi connectivity index (χ0n) is 11.6. The van der Waals surface area contributed by atoms with Gasteiger partial charge in [0.25, 0.3) is 0 Å². The van der Waals surface area contributed by atoms with Crippen molar-refractivity contribution in [3.63, 3.8) is 0 Å². The Morgan fingerprint density at radius 1 is 1.14 bits per heavy atom. The van der Waals surface area contributed by atoms with Gasteiger partial charge in [-0.25, -0.2) is 14.8 Å². The lowest BCUT2D eigenvalue weighted by Crippen LogP contribution is -2.01. The highest BCUT2D eigenvalue weighted by molar-refractivity contribution is 5.87. The molecule has 0 aliphatic carbocycles. The highest BCUT2D eigenvalue weighted by Gasteiger charge is 2.07. The molecule has 3 aromatic rings. The number of carbonyl (C=O) groups is 1. The van der Waals surface area contributed by atoms with Gasteiger partial charge in [0, 0.05) is 12.4 Å². The number of aromatic carboxylic acids is 1. The van der Waals surface area contributed by atoms with E-state index in [0.29, 0.717) is 18.3 Å². The number of ether oxygens (including phenoxy) is 1. The van der Waals surface area contributed by atoms with E-state index in [4.69, 9.17) is 9.84 Å². The Balaban J connectivity index is 1.68. The molecule has 0 radical (unpaired) electrons. The Kier molecular flexibility index (Phi) is 3.82. The number of nitrogens with zero attached hydrogens (tertiary/aromatic N) is 3. The summed E-state index contributed by atoms with van der Waals surface area (Å²) in [6.45, 7) is 0.441. The molecule has 0 unspecified atom stereocenters. The second kappa shape index (κ2) is 6.09. The van der Waals surface area contributed by atoms with E-state index in [9.17, 15) is 4.79 Å². The zero-order chi connectivity index (χ0) is 15.4. The lowest BCUT2D eigenvalue weighted by molar-refractivity contribution is 0.0697. The van der Waals surface area contributed by atoms with Crippen molar-refractivity contribution < 1.29 is 14.6 Å². The molecule has 0 fully saturated rings. The molecule has 0 bridgehead atoms. The Morgan fingerprint density at radius 2 is 1.86 bits per heavy atom. The molecule has 1 N–H and O–H groups in total. The summed E-state index contributed by atoms with van der Waals surface area (Å²) in [6, 6.07) is 11.3. The highest BCUT2D eigenvalue weighted by atomic mass is 16.5. The summed E-state index contributed by atoms with van der Waals surface area (Å²) < 4.78 is 7.14. The fourth-order valence-corrected chi connectivity index (χ4v) is 1.91. The highest BCUT2D eigenvalue weighted by Crippen LogP contribution is 2.12. The van der Waals surface area contributed by atoms with E-state index < -0.39 is 5.97 Å². The number of rotatable bonds is 5. The molecule has 22 heavy (non-hydrogen) atoms. The van der Waals surface area contributed by atoms with E-state index in [1.54, 1.807) is 23.2 Å². The second-order valence-electron chi connectivity index (χ2n) is 4.61. The summed E-state index contributed by atoms with van der Waals surface area (Å²) in [6.07, 6.45) is 6.18. The normalized spacial score (nSPS) is 10.4. The van der Waals surface area contributed by atoms with Crippen LogP contribution in [0.3, 0.4) is 0 Å². The van der Waals surface area contributed by atoms with Crippen LogP contribution >= 0.6 is 0 Å². The SMILES string of the molecule is O=C(O)c1ccn(-c2ncc(OCc3ccccc3)cn2)c1. The second-order valence-corrected chi connectivity index (χ2v) is 4.61. The van der Waals surface area contributed by atoms with Crippen molar-refractivity contribution in [3.8, 4) is 11.7 Å². The van der Waals surface area contributed by atoms with Crippen molar-refractivity contribution in [2.45, 2.75) is 6.61 Å². The largest absolute Gasteiger partial charge is 0.486 e. The molecule has 6 nitrogen and oxygen atoms in total. The van der Waals surface area contributed by atoms with Crippen molar-refractivity contribution in [1.82, 2.24) is 14.5 Å². The monoisotopic (exact) mass is 295 g/mol. The summed E-state index contributed by atoms with van der Waals surface area (Å²) in [5.41, 5.74) is 1.25. The molecular formula is C16H13N3O3. The molecule has 0 aliphatic rings. The first-order valence-corrected chi connectivity index (χ1v) is 6.63. The van der Waals surface area contributed by atoms with Crippen molar-refractivity contribution in [3.05, 3.63) is 72.3 Å². The van der Waals surface area contributed by atoms with Gasteiger partial charge in [0.2, 0.25) is 5.95 Å². The van der Waals surface area contributed by atoms with Crippen LogP contribution in [0.25, 0.3) is 5.95 Å². The Labute approximate surface area is 126 Å². The van der Waals surface area contributed by atoms with Crippen molar-refractivity contribution in [1.29, 1.82) is 0 Å². The number of carboxylic acids is 1. The molecule has 0 saturated carbocycles. The third-order valence-electron chi connectivity index (χ3n) is 3.03. The van der Waals surface area contributed by atoms with E-state index >= 15 is 0 Å². The molecule has 1 aromatic carbocycles. The summed E-state index contributed by atoms with van der Waals surface area (Å²) in [4.78, 5) is 19.2. The minimum absolute atomic E-state index is 0.188. The first kappa shape index (κ1) is 13.8. The van der Waals surface area contributed by atoms with Crippen LogP contribution in [0.2, 0.25) is 0 Å². The topological polar surface area (TPSA) is 77.2 Å². The molecule has 0 atom stereocenters. The number of hydrogen-bond acceptors (Lipinski definition) is 4. The first-order valence-electron chi connectivity index (χ1n) is 6.63. The molecule has 3 rings (SSSR count). The van der Waals surface area contributed by atoms with Gasteiger partial charge in [-0.1, -0.05) is 30.3 Å². The van der Waals surface area contributed by atoms with Crippen molar-refractivity contribution in [2.75, 3.05) is 0 Å². The van der Waals surface area contributed by atoms with Crippen molar-refractivity contribution >= 4 is 5.97 Å². The fraction of sp³-hybridized carbons (Fsp3) is 0.0625. The zero-order valence-corrected chi connectivity index (χ0v) is 11.6. The van der Waals surface area contributed by atoms with Gasteiger partial charge < -0.3 is 9.84 Å². The van der Waals surface area contributed by atoms with Gasteiger partial charge in [-0.3, -0.25) is 4.57 Å². The van der Waals surface area contributed by atoms with Gasteiger partial charge in [0.1, 0.15) is 6.61 Å². The summed E-state index contributed by atoms with van der Waals surface area (Å²) in [5, 5.41) is 8.89. The van der Waals surface area contributed by atoms with Gasteiger partial charge in [-0.15, -0.1) is 0 Å². The van der Waals surface area contributed by atoms with Crippen LogP contribution in [0.15, 0.2) is 61.2 Å². The van der Waals surface area contributed by atoms with Crippen LogP contribution in [-0.4, -0.2) is 25.6 Å². The maximum Gasteiger partial charge on any atom is 0.337 e. The maximum atomic E-state index is 10.8. The van der Waals surface area contributed by atoms with Gasteiger partial charge in [-0.05, 0) is 11.6 Å². The number of hydrogen-bond donors (Lipinski definition) is 1. The molecule has 0 spiro atoms. The maximum absolute atomic E-state index is 10.8. The Bertz CT molecular complexity index is 767. The minimum Gasteiger partial charge on any atom is -0.486 e. The van der Waals surface area contributed by atoms with Gasteiger partial charge in [-0.2, -0.15) is 0 Å². The smallest absolute Gasteiger partial charge is 0.337 e. The molecule has 2 heterocycles. The van der Waals surface area contributed by atoms with Gasteiger partial charge >= 0.3 is 5.97 Å². The first-order chi connectivity index (χ1) is 10.7. The lowest BCUT2D eigenvalue weighted by atomic mass is 10.2. The average molecular weight is 295 g/mol. The quantitative estimate of drug-likeness (QED) is 0.782. The molecule has 0 saturated heterocycles. The molecule has 0 aliphatic heterocycles. The summed E-state index contributed by atoms with van der Waals surface area (Å²) >= 11 is 0. The lowest BCUT2D eigenvalue weighted by Gasteiger charge is -2.06. The molecule has 6 heteroatoms. The average Bonchev–Trinajstić information content (AvgIpc) is 3.05. The van der Waals surface area contributed by atoms with Crippen LogP contribution in [0, 0.1) is 0 Å². The van der Waals surface area contributed by atoms with Crippen LogP contribution in [0.4, 0.5) is 0 Å². The van der Waals surface area contributed by atoms with E-state index in [-0.39, 0.29) is 5.56 Å². The predicted octanol–water partition coefficient (Wildman–Crippen LogP) is 2.54. The van der Waals surface area contributed by atoms with Crippen LogP contribution in [0.1, 0.15) is 15.9 Å². The third-order valence-corrected chi connectivity index (χ3v) is 3.03. The number of carboxylic acid groups (broad SMARTS) is 1. The summed E-state index contributed by atoms with van der Waals surface area (Å²) in [7, 11) is 0. The minimum atomic E-state index is -0.985. The predicted molar refractivity (Wildman–Crippen MR) is 79.1 cm³/mol. The molecular weight excluding hydrogens is 282 g/mol. The Morgan fingerprint density at radius 3 is 2.50 bits per heavy atom. The standard InChI is InChI=1S/C16H13N3O3/c20-15(21)13-6-7-19(10-13)16-17-8-14(9-18-16)22-11-12-4-2-1-3-5-12/h1-10H,11H2,(H,20,21). The van der Waals surface area contributed by atoms with Crippen LogP contribution in [0.5, 0.6) is 5.75 Å². The van der Waals surface area contributed by atoms with E-state index in [1.807, 2.05) is 30.3 Å². The van der Waals surface area contributed by atoms with E-state index in [2.05, 4.69) is 9.97 Å². The molecule has 110 valence electrons. The van der Waals surface area contributed by atoms with Crippen molar-refractivity contribution in [2.24, 2.45) is 0 Å². The summed E-state index contributed by atoms with van der Waals surface area (Å²) in [5.74, 6) is -0.0423. The van der Waals surface area contributed by atoms with E-state index in [0.717, 1.165) is 5.56 Å². The van der Waals surface area contributed by atoms with Gasteiger partial charge in [0.05, 0.1) is 18.0 Å². The fourth-order valence-electron chi connectivity index (χ4n) is 1.91. The molecule has 0 amide bonds. The number of benzene rings is 1. The van der Waals surface area contributed by atoms with Gasteiger partial charge in [0.15, 0.2) is 5.75 Å². The number of aromatic nitrogens is 3. The van der Waals surface area contributed by atoms with Crippen LogP contribution in [-0.2, 0) is 6.61 Å². The molecule has 2 aromatic heterocycles. The third kappa shape index (κ3) is 3.12. The Hall–Kier alpha value is -3.15. The van der Waals surface area contributed by atoms with E-state index in [1.165, 1.54) is 12.3 Å². The van der Waals surface area contributed by atoms with Crippen LogP contribution < -0.4 is 4.74 Å².